The van der Waals surface area contributed by atoms with E-state index in [9.17, 15) is 28.8 Å². The summed E-state index contributed by atoms with van der Waals surface area (Å²) in [6.07, 6.45) is 0. The number of carbonyl (C=O) groups is 6. The van der Waals surface area contributed by atoms with Crippen molar-refractivity contribution in [1.29, 1.82) is 0 Å². The van der Waals surface area contributed by atoms with Crippen LogP contribution in [0.15, 0.2) is 18.6 Å². The lowest BCUT2D eigenvalue weighted by atomic mass is 10.1. The first kappa shape index (κ1) is 23.6. The van der Waals surface area contributed by atoms with Crippen LogP contribution in [0.5, 0.6) is 0 Å². The van der Waals surface area contributed by atoms with Crippen LogP contribution in [0.25, 0.3) is 0 Å². The Bertz CT molecular complexity index is 1030. The van der Waals surface area contributed by atoms with Gasteiger partial charge < -0.3 is 8.83 Å². The quantitative estimate of drug-likeness (QED) is 0.384. The van der Waals surface area contributed by atoms with Crippen LogP contribution < -0.4 is 0 Å². The van der Waals surface area contributed by atoms with E-state index in [1.54, 1.807) is 0 Å². The van der Waals surface area contributed by atoms with Gasteiger partial charge in [-0.1, -0.05) is 0 Å². The van der Waals surface area contributed by atoms with Crippen molar-refractivity contribution in [2.45, 2.75) is 51.3 Å². The molecule has 2 aromatic heterocycles. The zero-order chi connectivity index (χ0) is 22.9. The van der Waals surface area contributed by atoms with Gasteiger partial charge in [-0.25, -0.2) is 0 Å². The molecule has 0 spiro atoms. The van der Waals surface area contributed by atoms with Crippen molar-refractivity contribution < 1.29 is 37.6 Å². The molecule has 0 N–H and O–H groups in total. The largest absolute Gasteiger partial charge is 0.448 e. The molecule has 0 amide bonds. The number of hydrogen-bond donors (Lipinski definition) is 0. The third-order valence-electron chi connectivity index (χ3n) is 3.92. The Morgan fingerprint density at radius 3 is 0.933 bits per heavy atom. The van der Waals surface area contributed by atoms with E-state index in [2.05, 4.69) is 0 Å². The van der Waals surface area contributed by atoms with E-state index in [4.69, 9.17) is 8.83 Å². The lowest BCUT2D eigenvalue weighted by molar-refractivity contribution is 0.0941. The van der Waals surface area contributed by atoms with Gasteiger partial charge in [0.05, 0.1) is 20.9 Å². The van der Waals surface area contributed by atoms with Crippen LogP contribution in [0.4, 0.5) is 0 Å². The van der Waals surface area contributed by atoms with Gasteiger partial charge in [-0.3, -0.25) is 28.8 Å². The monoisotopic (exact) mass is 450 g/mol. The minimum absolute atomic E-state index is 0.0609. The lowest BCUT2D eigenvalue weighted by Gasteiger charge is -2.04. The van der Waals surface area contributed by atoms with Crippen molar-refractivity contribution in [1.82, 2.24) is 0 Å². The maximum absolute atomic E-state index is 12.2. The molecular formula is C20H18O8S2. The smallest absolute Gasteiger partial charge is 0.196 e. The van der Waals surface area contributed by atoms with Gasteiger partial charge in [0.2, 0.25) is 0 Å². The van der Waals surface area contributed by atoms with Crippen molar-refractivity contribution in [3.63, 3.8) is 0 Å². The Labute approximate surface area is 179 Å². The van der Waals surface area contributed by atoms with Crippen LogP contribution in [0.1, 0.15) is 104 Å². The van der Waals surface area contributed by atoms with Crippen LogP contribution in [0.2, 0.25) is 0 Å². The molecule has 0 aliphatic carbocycles. The van der Waals surface area contributed by atoms with Crippen LogP contribution in [0.3, 0.4) is 0 Å². The number of carbonyl (C=O) groups excluding carboxylic acids is 6. The molecule has 2 rings (SSSR count). The molecule has 2 aromatic rings. The molecule has 0 unspecified atom stereocenters. The number of rotatable bonds is 9. The van der Waals surface area contributed by atoms with Gasteiger partial charge in [-0.15, -0.1) is 0 Å². The average molecular weight is 450 g/mol. The summed E-state index contributed by atoms with van der Waals surface area (Å²) in [5.41, 5.74) is -0.122. The molecule has 0 aliphatic heterocycles. The standard InChI is InChI=1S/C20H18O8S2/c1-7(21)13-15(9(3)23)27-17(11(5)25)19(13)29-30-20-14(8(2)22)16(10(4)24)28-18(20)12(6)26/h1-6H3. The van der Waals surface area contributed by atoms with Gasteiger partial charge in [0.1, 0.15) is 0 Å². The second-order valence-electron chi connectivity index (χ2n) is 6.43. The molecule has 0 fully saturated rings. The van der Waals surface area contributed by atoms with E-state index in [1.165, 1.54) is 41.5 Å². The number of furan rings is 2. The molecule has 0 bridgehead atoms. The summed E-state index contributed by atoms with van der Waals surface area (Å²) in [6, 6.07) is 0. The van der Waals surface area contributed by atoms with Crippen molar-refractivity contribution in [3.8, 4) is 0 Å². The molecule has 0 saturated heterocycles. The van der Waals surface area contributed by atoms with Gasteiger partial charge in [-0.05, 0) is 35.4 Å². The predicted octanol–water partition coefficient (Wildman–Crippen LogP) is 4.89. The summed E-state index contributed by atoms with van der Waals surface area (Å²) in [7, 11) is 1.73. The molecule has 10 heteroatoms. The van der Waals surface area contributed by atoms with Crippen LogP contribution in [-0.2, 0) is 0 Å². The summed E-state index contributed by atoms with van der Waals surface area (Å²) in [6.45, 7) is 7.29. The molecule has 158 valence electrons. The van der Waals surface area contributed by atoms with E-state index >= 15 is 0 Å². The number of Topliss-reactive ketones (excluding diaryl/α,β-unsaturated/α-hetero) is 6. The van der Waals surface area contributed by atoms with Gasteiger partial charge >= 0.3 is 0 Å². The van der Waals surface area contributed by atoms with E-state index in [0.29, 0.717) is 0 Å². The molecule has 0 aliphatic rings. The van der Waals surface area contributed by atoms with Gasteiger partial charge in [0, 0.05) is 27.7 Å². The first-order chi connectivity index (χ1) is 13.9. The highest BCUT2D eigenvalue weighted by Gasteiger charge is 2.32. The van der Waals surface area contributed by atoms with Gasteiger partial charge in [0.25, 0.3) is 0 Å². The van der Waals surface area contributed by atoms with Crippen LogP contribution in [0, 0.1) is 0 Å². The zero-order valence-corrected chi connectivity index (χ0v) is 18.7. The molecule has 2 heterocycles. The topological polar surface area (TPSA) is 129 Å². The Hall–Kier alpha value is -2.72. The van der Waals surface area contributed by atoms with Gasteiger partial charge in [-0.2, -0.15) is 0 Å². The SMILES string of the molecule is CC(=O)c1oc(C(C)=O)c(C(C)=O)c1SSc1c(C(C)=O)oc(C(C)=O)c1C(C)=O. The molecule has 0 atom stereocenters. The molecule has 8 nitrogen and oxygen atoms in total. The fourth-order valence-electron chi connectivity index (χ4n) is 2.67. The maximum atomic E-state index is 12.2. The molecule has 0 radical (unpaired) electrons. The Balaban J connectivity index is 2.67. The molecular weight excluding hydrogens is 432 g/mol. The van der Waals surface area contributed by atoms with Crippen molar-refractivity contribution in [2.75, 3.05) is 0 Å². The maximum Gasteiger partial charge on any atom is 0.196 e. The Kier molecular flexibility index (Phi) is 7.04. The third kappa shape index (κ3) is 4.39. The summed E-state index contributed by atoms with van der Waals surface area (Å²) in [5, 5.41) is 0. The Morgan fingerprint density at radius 2 is 0.733 bits per heavy atom. The molecule has 0 saturated carbocycles. The average Bonchev–Trinajstić information content (AvgIpc) is 3.18. The second-order valence-corrected chi connectivity index (χ2v) is 8.58. The highest BCUT2D eigenvalue weighted by molar-refractivity contribution is 8.76. The van der Waals surface area contributed by atoms with Crippen LogP contribution >= 0.6 is 21.6 Å². The van der Waals surface area contributed by atoms with Crippen molar-refractivity contribution >= 4 is 56.3 Å². The first-order valence-corrected chi connectivity index (χ1v) is 10.8. The van der Waals surface area contributed by atoms with E-state index in [0.717, 1.165) is 21.6 Å². The fraction of sp³-hybridized carbons (Fsp3) is 0.300. The minimum atomic E-state index is -0.532. The summed E-state index contributed by atoms with van der Waals surface area (Å²) < 4.78 is 10.7. The molecule has 30 heavy (non-hydrogen) atoms. The normalized spacial score (nSPS) is 10.7. The first-order valence-electron chi connectivity index (χ1n) is 8.62. The van der Waals surface area contributed by atoms with Crippen LogP contribution in [-0.4, -0.2) is 34.7 Å². The van der Waals surface area contributed by atoms with E-state index < -0.39 is 34.7 Å². The molecule has 0 aromatic carbocycles. The third-order valence-corrected chi connectivity index (χ3v) is 6.37. The number of ketones is 6. The second kappa shape index (κ2) is 8.97. The highest BCUT2D eigenvalue weighted by Crippen LogP contribution is 2.47. The summed E-state index contributed by atoms with van der Waals surface area (Å²) in [5.74, 6) is -3.93. The van der Waals surface area contributed by atoms with Crippen molar-refractivity contribution in [3.05, 3.63) is 34.2 Å². The summed E-state index contributed by atoms with van der Waals surface area (Å²) in [4.78, 5) is 72.3. The van der Waals surface area contributed by atoms with Gasteiger partial charge in [0.15, 0.2) is 57.7 Å². The van der Waals surface area contributed by atoms with E-state index in [-0.39, 0.29) is 44.0 Å². The summed E-state index contributed by atoms with van der Waals surface area (Å²) >= 11 is 0. The zero-order valence-electron chi connectivity index (χ0n) is 17.1. The lowest BCUT2D eigenvalue weighted by Crippen LogP contribution is -2.02. The fourth-order valence-corrected chi connectivity index (χ4v) is 5.46. The highest BCUT2D eigenvalue weighted by atomic mass is 33.1. The predicted molar refractivity (Wildman–Crippen MR) is 109 cm³/mol. The van der Waals surface area contributed by atoms with E-state index in [1.807, 2.05) is 0 Å². The minimum Gasteiger partial charge on any atom is -0.448 e. The number of hydrogen-bond acceptors (Lipinski definition) is 10. The van der Waals surface area contributed by atoms with Crippen molar-refractivity contribution in [2.24, 2.45) is 0 Å². The Morgan fingerprint density at radius 1 is 0.467 bits per heavy atom.